The van der Waals surface area contributed by atoms with E-state index in [0.29, 0.717) is 55.9 Å². The maximum Gasteiger partial charge on any atom is 0.322 e. The molecule has 0 spiro atoms. The SMILES string of the molecule is CCOC(=O)C1CCN(C(=O)CN2CC3=C(C2=O)C(c2cccc(F)c2)NC(=O)N3CC)CC1. The minimum atomic E-state index is -0.783. The van der Waals surface area contributed by atoms with Gasteiger partial charge in [-0.05, 0) is 44.4 Å². The Labute approximate surface area is 197 Å². The molecule has 1 aromatic carbocycles. The van der Waals surface area contributed by atoms with Crippen LogP contribution in [0.4, 0.5) is 9.18 Å². The number of hydrogen-bond acceptors (Lipinski definition) is 5. The Balaban J connectivity index is 1.47. The van der Waals surface area contributed by atoms with Crippen LogP contribution in [0.15, 0.2) is 35.5 Å². The van der Waals surface area contributed by atoms with Crippen LogP contribution in [0, 0.1) is 11.7 Å². The number of likely N-dealkylation sites (tertiary alicyclic amines) is 1. The van der Waals surface area contributed by atoms with Crippen molar-refractivity contribution >= 4 is 23.8 Å². The normalized spacial score (nSPS) is 21.0. The topological polar surface area (TPSA) is 99.3 Å². The van der Waals surface area contributed by atoms with Crippen molar-refractivity contribution in [3.05, 3.63) is 46.9 Å². The summed E-state index contributed by atoms with van der Waals surface area (Å²) in [5, 5.41) is 2.80. The maximum atomic E-state index is 13.9. The molecule has 1 saturated heterocycles. The van der Waals surface area contributed by atoms with Crippen molar-refractivity contribution in [1.29, 1.82) is 0 Å². The fourth-order valence-electron chi connectivity index (χ4n) is 4.83. The van der Waals surface area contributed by atoms with E-state index in [1.54, 1.807) is 24.8 Å². The third kappa shape index (κ3) is 4.49. The molecule has 3 heterocycles. The van der Waals surface area contributed by atoms with Gasteiger partial charge in [-0.25, -0.2) is 9.18 Å². The van der Waals surface area contributed by atoms with Gasteiger partial charge in [0, 0.05) is 19.6 Å². The molecule has 0 aliphatic carbocycles. The zero-order valence-corrected chi connectivity index (χ0v) is 19.4. The quantitative estimate of drug-likeness (QED) is 0.637. The average Bonchev–Trinajstić information content (AvgIpc) is 3.14. The summed E-state index contributed by atoms with van der Waals surface area (Å²) in [7, 11) is 0. The number of nitrogens with one attached hydrogen (secondary N) is 1. The van der Waals surface area contributed by atoms with Gasteiger partial charge in [-0.3, -0.25) is 19.3 Å². The highest BCUT2D eigenvalue weighted by atomic mass is 19.1. The Morgan fingerprint density at radius 2 is 1.91 bits per heavy atom. The number of ether oxygens (including phenoxy) is 1. The molecule has 1 N–H and O–H groups in total. The van der Waals surface area contributed by atoms with Gasteiger partial charge in [0.25, 0.3) is 5.91 Å². The Hall–Kier alpha value is -3.43. The Bertz CT molecular complexity index is 1030. The Morgan fingerprint density at radius 3 is 2.56 bits per heavy atom. The Morgan fingerprint density at radius 1 is 1.18 bits per heavy atom. The molecule has 3 aliphatic heterocycles. The second-order valence-corrected chi connectivity index (χ2v) is 8.61. The lowest BCUT2D eigenvalue weighted by Crippen LogP contribution is -2.47. The first kappa shape index (κ1) is 23.7. The molecular formula is C24H29FN4O5. The predicted octanol–water partition coefficient (Wildman–Crippen LogP) is 1.81. The van der Waals surface area contributed by atoms with E-state index in [4.69, 9.17) is 4.74 Å². The fourth-order valence-corrected chi connectivity index (χ4v) is 4.83. The summed E-state index contributed by atoms with van der Waals surface area (Å²) in [6.45, 7) is 5.10. The van der Waals surface area contributed by atoms with E-state index in [2.05, 4.69) is 5.32 Å². The van der Waals surface area contributed by atoms with Crippen LogP contribution in [0.3, 0.4) is 0 Å². The smallest absolute Gasteiger partial charge is 0.322 e. The van der Waals surface area contributed by atoms with Crippen molar-refractivity contribution in [2.45, 2.75) is 32.7 Å². The molecule has 0 saturated carbocycles. The minimum absolute atomic E-state index is 0.127. The molecule has 0 aromatic heterocycles. The number of nitrogens with zero attached hydrogens (tertiary/aromatic N) is 3. The summed E-state index contributed by atoms with van der Waals surface area (Å²) in [4.78, 5) is 55.6. The van der Waals surface area contributed by atoms with Crippen molar-refractivity contribution < 1.29 is 28.3 Å². The van der Waals surface area contributed by atoms with Crippen molar-refractivity contribution in [2.75, 3.05) is 39.3 Å². The van der Waals surface area contributed by atoms with Crippen molar-refractivity contribution in [3.63, 3.8) is 0 Å². The molecule has 4 amide bonds. The summed E-state index contributed by atoms with van der Waals surface area (Å²) in [5.41, 5.74) is 1.37. The van der Waals surface area contributed by atoms with E-state index in [9.17, 15) is 23.6 Å². The molecule has 0 radical (unpaired) electrons. The van der Waals surface area contributed by atoms with Gasteiger partial charge in [0.15, 0.2) is 0 Å². The zero-order valence-electron chi connectivity index (χ0n) is 19.4. The third-order valence-electron chi connectivity index (χ3n) is 6.59. The first-order chi connectivity index (χ1) is 16.3. The number of halogens is 1. The van der Waals surface area contributed by atoms with Gasteiger partial charge in [-0.15, -0.1) is 0 Å². The van der Waals surface area contributed by atoms with E-state index < -0.39 is 11.9 Å². The van der Waals surface area contributed by atoms with Gasteiger partial charge < -0.3 is 19.9 Å². The highest BCUT2D eigenvalue weighted by Gasteiger charge is 2.44. The number of rotatable bonds is 6. The van der Waals surface area contributed by atoms with E-state index in [1.807, 2.05) is 0 Å². The highest BCUT2D eigenvalue weighted by Crippen LogP contribution is 2.36. The molecule has 9 nitrogen and oxygen atoms in total. The second-order valence-electron chi connectivity index (χ2n) is 8.61. The number of esters is 1. The van der Waals surface area contributed by atoms with Crippen LogP contribution in [0.25, 0.3) is 0 Å². The fraction of sp³-hybridized carbons (Fsp3) is 0.500. The number of carbonyl (C=O) groups is 4. The molecule has 1 fully saturated rings. The summed E-state index contributed by atoms with van der Waals surface area (Å²) >= 11 is 0. The van der Waals surface area contributed by atoms with Crippen LogP contribution < -0.4 is 5.32 Å². The molecule has 34 heavy (non-hydrogen) atoms. The summed E-state index contributed by atoms with van der Waals surface area (Å²) in [5.74, 6) is -1.47. The molecule has 182 valence electrons. The molecule has 1 aromatic rings. The lowest BCUT2D eigenvalue weighted by molar-refractivity contribution is -0.151. The van der Waals surface area contributed by atoms with E-state index in [0.717, 1.165) is 0 Å². The molecule has 4 rings (SSSR count). The maximum absolute atomic E-state index is 13.9. The van der Waals surface area contributed by atoms with Crippen LogP contribution in [0.5, 0.6) is 0 Å². The number of carbonyl (C=O) groups excluding carboxylic acids is 4. The van der Waals surface area contributed by atoms with Crippen molar-refractivity contribution in [2.24, 2.45) is 5.92 Å². The van der Waals surface area contributed by atoms with E-state index in [1.165, 1.54) is 28.0 Å². The standard InChI is InChI=1S/C24H29FN4O5/c1-3-29-18-13-28(14-19(30)27-10-8-15(9-11-27)23(32)34-4-2)22(31)20(18)21(26-24(29)33)16-6-5-7-17(25)12-16/h5-7,12,15,21H,3-4,8-11,13-14H2,1-2H3,(H,26,33). The molecule has 10 heteroatoms. The third-order valence-corrected chi connectivity index (χ3v) is 6.59. The Kier molecular flexibility index (Phi) is 6.85. The van der Waals surface area contributed by atoms with Gasteiger partial charge in [-0.1, -0.05) is 12.1 Å². The van der Waals surface area contributed by atoms with Gasteiger partial charge in [0.05, 0.1) is 36.4 Å². The van der Waals surface area contributed by atoms with Crippen LogP contribution in [-0.2, 0) is 19.1 Å². The average molecular weight is 473 g/mol. The van der Waals surface area contributed by atoms with Crippen LogP contribution in [-0.4, -0.2) is 77.8 Å². The van der Waals surface area contributed by atoms with Gasteiger partial charge >= 0.3 is 12.0 Å². The van der Waals surface area contributed by atoms with Gasteiger partial charge in [-0.2, -0.15) is 0 Å². The lowest BCUT2D eigenvalue weighted by Gasteiger charge is -2.32. The van der Waals surface area contributed by atoms with Crippen LogP contribution >= 0.6 is 0 Å². The molecule has 1 atom stereocenters. The van der Waals surface area contributed by atoms with Gasteiger partial charge in [0.2, 0.25) is 5.91 Å². The van der Waals surface area contributed by atoms with Crippen LogP contribution in [0.2, 0.25) is 0 Å². The van der Waals surface area contributed by atoms with Gasteiger partial charge in [0.1, 0.15) is 12.4 Å². The summed E-state index contributed by atoms with van der Waals surface area (Å²) in [6.07, 6.45) is 1.05. The molecule has 0 bridgehead atoms. The number of piperidine rings is 1. The highest BCUT2D eigenvalue weighted by molar-refractivity contribution is 6.03. The largest absolute Gasteiger partial charge is 0.466 e. The monoisotopic (exact) mass is 472 g/mol. The zero-order chi connectivity index (χ0) is 24.4. The summed E-state index contributed by atoms with van der Waals surface area (Å²) < 4.78 is 18.9. The first-order valence-corrected chi connectivity index (χ1v) is 11.6. The van der Waals surface area contributed by atoms with Crippen molar-refractivity contribution in [1.82, 2.24) is 20.0 Å². The number of hydrogen-bond donors (Lipinski definition) is 1. The summed E-state index contributed by atoms with van der Waals surface area (Å²) in [6, 6.07) is 4.64. The van der Waals surface area contributed by atoms with Crippen molar-refractivity contribution in [3.8, 4) is 0 Å². The minimum Gasteiger partial charge on any atom is -0.466 e. The number of likely N-dealkylation sites (N-methyl/N-ethyl adjacent to an activating group) is 1. The first-order valence-electron chi connectivity index (χ1n) is 11.6. The van der Waals surface area contributed by atoms with Crippen LogP contribution in [0.1, 0.15) is 38.3 Å². The van der Waals surface area contributed by atoms with E-state index >= 15 is 0 Å². The lowest BCUT2D eigenvalue weighted by atomic mass is 9.95. The second kappa shape index (κ2) is 9.82. The predicted molar refractivity (Wildman–Crippen MR) is 120 cm³/mol. The number of benzene rings is 1. The van der Waals surface area contributed by atoms with E-state index in [-0.39, 0.29) is 42.8 Å². The molecule has 1 unspecified atom stereocenters. The number of amides is 4. The molecule has 3 aliphatic rings. The molecular weight excluding hydrogens is 443 g/mol. The number of urea groups is 1.